The van der Waals surface area contributed by atoms with E-state index in [0.717, 1.165) is 23.1 Å². The lowest BCUT2D eigenvalue weighted by atomic mass is 9.96. The summed E-state index contributed by atoms with van der Waals surface area (Å²) in [5.41, 5.74) is 9.43. The van der Waals surface area contributed by atoms with Crippen molar-refractivity contribution in [3.05, 3.63) is 46.6 Å². The van der Waals surface area contributed by atoms with Crippen LogP contribution < -0.4 is 10.6 Å². The molecule has 2 N–H and O–H groups in total. The van der Waals surface area contributed by atoms with Gasteiger partial charge in [-0.1, -0.05) is 18.2 Å². The van der Waals surface area contributed by atoms with Crippen LogP contribution in [-0.2, 0) is 6.42 Å². The minimum atomic E-state index is 0.408. The average Bonchev–Trinajstić information content (AvgIpc) is 2.40. The van der Waals surface area contributed by atoms with E-state index in [4.69, 9.17) is 5.73 Å². The van der Waals surface area contributed by atoms with Crippen LogP contribution in [0.1, 0.15) is 18.9 Å². The second-order valence-corrected chi connectivity index (χ2v) is 5.87. The summed E-state index contributed by atoms with van der Waals surface area (Å²) in [6.07, 6.45) is 4.04. The van der Waals surface area contributed by atoms with Crippen LogP contribution in [0, 0.1) is 0 Å². The first-order chi connectivity index (χ1) is 9.16. The molecule has 1 aromatic carbocycles. The second kappa shape index (κ2) is 4.85. The van der Waals surface area contributed by atoms with Gasteiger partial charge in [0.15, 0.2) is 5.82 Å². The Morgan fingerprint density at radius 3 is 2.95 bits per heavy atom. The molecule has 3 rings (SSSR count). The van der Waals surface area contributed by atoms with Gasteiger partial charge in [0.05, 0.1) is 5.69 Å². The number of nitrogens with zero attached hydrogens (tertiary/aromatic N) is 2. The first-order valence-electron chi connectivity index (χ1n) is 6.45. The fourth-order valence-electron chi connectivity index (χ4n) is 2.66. The molecule has 1 aliphatic rings. The number of hydrogen-bond donors (Lipinski definition) is 1. The maximum Gasteiger partial charge on any atom is 0.156 e. The number of benzene rings is 1. The van der Waals surface area contributed by atoms with Gasteiger partial charge in [-0.3, -0.25) is 0 Å². The van der Waals surface area contributed by atoms with Gasteiger partial charge in [-0.2, -0.15) is 0 Å². The fourth-order valence-corrected chi connectivity index (χ4v) is 3.01. The number of para-hydroxylation sites is 1. The summed E-state index contributed by atoms with van der Waals surface area (Å²) in [4.78, 5) is 6.76. The summed E-state index contributed by atoms with van der Waals surface area (Å²) in [6, 6.07) is 10.8. The molecule has 19 heavy (non-hydrogen) atoms. The van der Waals surface area contributed by atoms with Crippen molar-refractivity contribution in [1.29, 1.82) is 0 Å². The minimum Gasteiger partial charge on any atom is -0.396 e. The molecule has 1 aliphatic heterocycles. The van der Waals surface area contributed by atoms with Gasteiger partial charge in [-0.15, -0.1) is 0 Å². The molecule has 0 fully saturated rings. The van der Waals surface area contributed by atoms with Crippen LogP contribution in [0.5, 0.6) is 0 Å². The molecule has 4 heteroatoms. The largest absolute Gasteiger partial charge is 0.396 e. The maximum atomic E-state index is 6.14. The van der Waals surface area contributed by atoms with Crippen molar-refractivity contribution >= 4 is 33.1 Å². The van der Waals surface area contributed by atoms with Gasteiger partial charge in [-0.05, 0) is 53.4 Å². The highest BCUT2D eigenvalue weighted by atomic mass is 79.9. The normalized spacial score (nSPS) is 18.2. The molecule has 2 heterocycles. The molecule has 98 valence electrons. The predicted octanol–water partition coefficient (Wildman–Crippen LogP) is 3.90. The van der Waals surface area contributed by atoms with Crippen molar-refractivity contribution in [3.8, 4) is 0 Å². The van der Waals surface area contributed by atoms with Crippen LogP contribution >= 0.6 is 15.9 Å². The van der Waals surface area contributed by atoms with Gasteiger partial charge in [-0.25, -0.2) is 4.98 Å². The van der Waals surface area contributed by atoms with E-state index in [-0.39, 0.29) is 0 Å². The number of anilines is 3. The van der Waals surface area contributed by atoms with Crippen molar-refractivity contribution in [3.63, 3.8) is 0 Å². The lowest BCUT2D eigenvalue weighted by Crippen LogP contribution is -2.34. The Kier molecular flexibility index (Phi) is 3.19. The topological polar surface area (TPSA) is 42.2 Å². The maximum absolute atomic E-state index is 6.14. The SMILES string of the molecule is CC1CCc2ccccc2N1c1ncc(Br)cc1N. The third kappa shape index (κ3) is 2.21. The number of aryl methyl sites for hydroxylation is 1. The van der Waals surface area contributed by atoms with E-state index in [0.29, 0.717) is 11.7 Å². The monoisotopic (exact) mass is 317 g/mol. The summed E-state index contributed by atoms with van der Waals surface area (Å²) in [6.45, 7) is 2.22. The molecule has 2 aromatic rings. The van der Waals surface area contributed by atoms with Crippen molar-refractivity contribution in [2.75, 3.05) is 10.6 Å². The molecular formula is C15H16BrN3. The van der Waals surface area contributed by atoms with E-state index in [1.165, 1.54) is 11.3 Å². The number of nitrogen functional groups attached to an aromatic ring is 1. The Labute approximate surface area is 121 Å². The van der Waals surface area contributed by atoms with Gasteiger partial charge >= 0.3 is 0 Å². The van der Waals surface area contributed by atoms with Crippen molar-refractivity contribution in [2.24, 2.45) is 0 Å². The van der Waals surface area contributed by atoms with E-state index < -0.39 is 0 Å². The number of rotatable bonds is 1. The van der Waals surface area contributed by atoms with E-state index >= 15 is 0 Å². The van der Waals surface area contributed by atoms with E-state index in [1.54, 1.807) is 6.20 Å². The smallest absolute Gasteiger partial charge is 0.156 e. The molecule has 1 atom stereocenters. The summed E-state index contributed by atoms with van der Waals surface area (Å²) in [5, 5.41) is 0. The van der Waals surface area contributed by atoms with Crippen molar-refractivity contribution in [1.82, 2.24) is 4.98 Å². The Bertz CT molecular complexity index is 612. The minimum absolute atomic E-state index is 0.408. The van der Waals surface area contributed by atoms with Crippen LogP contribution in [0.15, 0.2) is 41.0 Å². The highest BCUT2D eigenvalue weighted by Crippen LogP contribution is 2.38. The molecular weight excluding hydrogens is 302 g/mol. The molecule has 0 saturated carbocycles. The quantitative estimate of drug-likeness (QED) is 0.867. The predicted molar refractivity (Wildman–Crippen MR) is 82.7 cm³/mol. The highest BCUT2D eigenvalue weighted by molar-refractivity contribution is 9.10. The zero-order valence-corrected chi connectivity index (χ0v) is 12.4. The van der Waals surface area contributed by atoms with Crippen LogP contribution in [0.4, 0.5) is 17.2 Å². The molecule has 1 aromatic heterocycles. The second-order valence-electron chi connectivity index (χ2n) is 4.95. The number of hydrogen-bond acceptors (Lipinski definition) is 3. The van der Waals surface area contributed by atoms with Gasteiger partial charge < -0.3 is 10.6 Å². The summed E-state index contributed by atoms with van der Waals surface area (Å²) >= 11 is 3.41. The van der Waals surface area contributed by atoms with Crippen LogP contribution in [0.2, 0.25) is 0 Å². The van der Waals surface area contributed by atoms with Crippen molar-refractivity contribution < 1.29 is 0 Å². The molecule has 0 radical (unpaired) electrons. The van der Waals surface area contributed by atoms with E-state index in [9.17, 15) is 0 Å². The molecule has 1 unspecified atom stereocenters. The van der Waals surface area contributed by atoms with Gasteiger partial charge in [0.25, 0.3) is 0 Å². The Morgan fingerprint density at radius 2 is 2.16 bits per heavy atom. The van der Waals surface area contributed by atoms with Gasteiger partial charge in [0, 0.05) is 22.4 Å². The van der Waals surface area contributed by atoms with Gasteiger partial charge in [0.1, 0.15) is 0 Å². The van der Waals surface area contributed by atoms with Crippen LogP contribution in [-0.4, -0.2) is 11.0 Å². The zero-order valence-electron chi connectivity index (χ0n) is 10.8. The summed E-state index contributed by atoms with van der Waals surface area (Å²) in [7, 11) is 0. The highest BCUT2D eigenvalue weighted by Gasteiger charge is 2.26. The Hall–Kier alpha value is -1.55. The Balaban J connectivity index is 2.13. The molecule has 0 aliphatic carbocycles. The fraction of sp³-hybridized carbons (Fsp3) is 0.267. The molecule has 0 saturated heterocycles. The Morgan fingerprint density at radius 1 is 1.37 bits per heavy atom. The number of fused-ring (bicyclic) bond motifs is 1. The first kappa shape index (κ1) is 12.5. The molecule has 0 amide bonds. The van der Waals surface area contributed by atoms with Crippen LogP contribution in [0.25, 0.3) is 0 Å². The van der Waals surface area contributed by atoms with E-state index in [2.05, 4.69) is 57.0 Å². The lowest BCUT2D eigenvalue weighted by molar-refractivity contribution is 0.614. The van der Waals surface area contributed by atoms with Crippen LogP contribution in [0.3, 0.4) is 0 Å². The molecule has 0 spiro atoms. The third-order valence-corrected chi connectivity index (χ3v) is 4.05. The lowest BCUT2D eigenvalue weighted by Gasteiger charge is -2.36. The van der Waals surface area contributed by atoms with Gasteiger partial charge in [0.2, 0.25) is 0 Å². The number of halogens is 1. The number of nitrogens with two attached hydrogens (primary N) is 1. The zero-order chi connectivity index (χ0) is 13.4. The van der Waals surface area contributed by atoms with Crippen molar-refractivity contribution in [2.45, 2.75) is 25.8 Å². The molecule has 3 nitrogen and oxygen atoms in total. The third-order valence-electron chi connectivity index (χ3n) is 3.61. The first-order valence-corrected chi connectivity index (χ1v) is 7.24. The molecule has 0 bridgehead atoms. The summed E-state index contributed by atoms with van der Waals surface area (Å²) in [5.74, 6) is 0.850. The van der Waals surface area contributed by atoms with E-state index in [1.807, 2.05) is 6.07 Å². The average molecular weight is 318 g/mol. The summed E-state index contributed by atoms with van der Waals surface area (Å²) < 4.78 is 0.909. The standard InChI is InChI=1S/C15H16BrN3/c1-10-6-7-11-4-2-3-5-14(11)19(10)15-13(17)8-12(16)9-18-15/h2-5,8-10H,6-7,17H2,1H3. The number of aromatic nitrogens is 1. The number of pyridine rings is 1.